The number of hydrogen-bond acceptors (Lipinski definition) is 7. The summed E-state index contributed by atoms with van der Waals surface area (Å²) >= 11 is 3.34. The first-order chi connectivity index (χ1) is 15.8. The van der Waals surface area contributed by atoms with E-state index < -0.39 is 11.5 Å². The van der Waals surface area contributed by atoms with Crippen molar-refractivity contribution in [1.82, 2.24) is 10.3 Å². The van der Waals surface area contributed by atoms with Crippen LogP contribution in [0.3, 0.4) is 0 Å². The Morgan fingerprint density at radius 2 is 2.21 bits per heavy atom. The molecule has 176 valence electrons. The minimum Gasteiger partial charge on any atom is -0.467 e. The van der Waals surface area contributed by atoms with E-state index in [0.717, 1.165) is 34.9 Å². The van der Waals surface area contributed by atoms with Crippen molar-refractivity contribution in [1.29, 1.82) is 0 Å². The van der Waals surface area contributed by atoms with Crippen molar-refractivity contribution < 1.29 is 19.4 Å². The standard InChI is InChI=1S/C25H30N2O4S2/c1-24-7-5-20(29)25(2,14-28)19(24)11-18-22(27-23(33-18)15-6-9-32-13-15)17(24)10-21(30)26-12-16-4-3-8-31-16/h3-4,6,8-9,13,17,19-20,28-29H,5,7,10-12,14H2,1-2H3,(H,26,30). The number of furan rings is 1. The molecule has 5 atom stereocenters. The Bertz CT molecular complexity index is 1110. The van der Waals surface area contributed by atoms with Crippen LogP contribution in [-0.2, 0) is 17.8 Å². The molecule has 2 aliphatic rings. The van der Waals surface area contributed by atoms with Crippen molar-refractivity contribution in [3.8, 4) is 10.6 Å². The molecule has 33 heavy (non-hydrogen) atoms. The molecule has 0 saturated heterocycles. The Morgan fingerprint density at radius 1 is 1.36 bits per heavy atom. The second-order valence-corrected chi connectivity index (χ2v) is 11.8. The topological polar surface area (TPSA) is 95.6 Å². The van der Waals surface area contributed by atoms with Gasteiger partial charge in [0.1, 0.15) is 10.8 Å². The molecule has 0 bridgehead atoms. The van der Waals surface area contributed by atoms with Crippen LogP contribution in [0.1, 0.15) is 55.4 Å². The van der Waals surface area contributed by atoms with Gasteiger partial charge in [-0.2, -0.15) is 11.3 Å². The molecule has 3 aromatic rings. The van der Waals surface area contributed by atoms with Gasteiger partial charge in [-0.05, 0) is 54.2 Å². The molecule has 1 fully saturated rings. The van der Waals surface area contributed by atoms with Crippen molar-refractivity contribution in [2.24, 2.45) is 16.7 Å². The van der Waals surface area contributed by atoms with E-state index in [1.54, 1.807) is 28.9 Å². The van der Waals surface area contributed by atoms with Crippen LogP contribution >= 0.6 is 22.7 Å². The number of carbonyl (C=O) groups excluding carboxylic acids is 1. The number of aliphatic hydroxyl groups is 2. The molecule has 3 N–H and O–H groups in total. The smallest absolute Gasteiger partial charge is 0.221 e. The maximum absolute atomic E-state index is 13.1. The van der Waals surface area contributed by atoms with E-state index in [2.05, 4.69) is 29.1 Å². The molecule has 1 saturated carbocycles. The van der Waals surface area contributed by atoms with Crippen LogP contribution in [0.25, 0.3) is 10.6 Å². The number of fused-ring (bicyclic) bond motifs is 2. The summed E-state index contributed by atoms with van der Waals surface area (Å²) in [7, 11) is 0. The number of thiophene rings is 1. The molecule has 0 radical (unpaired) electrons. The highest BCUT2D eigenvalue weighted by Crippen LogP contribution is 2.62. The third-order valence-corrected chi connectivity index (χ3v) is 9.92. The summed E-state index contributed by atoms with van der Waals surface area (Å²) in [6.07, 6.45) is 3.56. The number of carbonyl (C=O) groups is 1. The molecule has 0 aliphatic heterocycles. The summed E-state index contributed by atoms with van der Waals surface area (Å²) in [5, 5.41) is 29.4. The summed E-state index contributed by atoms with van der Waals surface area (Å²) in [5.41, 5.74) is 1.27. The fraction of sp³-hybridized carbons (Fsp3) is 0.520. The zero-order valence-corrected chi connectivity index (χ0v) is 20.5. The minimum absolute atomic E-state index is 0.0360. The number of aromatic nitrogens is 1. The fourth-order valence-electron chi connectivity index (χ4n) is 6.01. The molecule has 3 heterocycles. The first kappa shape index (κ1) is 22.8. The van der Waals surface area contributed by atoms with Crippen molar-refractivity contribution in [2.45, 2.75) is 58.1 Å². The molecule has 6 nitrogen and oxygen atoms in total. The van der Waals surface area contributed by atoms with Gasteiger partial charge in [-0.1, -0.05) is 13.8 Å². The van der Waals surface area contributed by atoms with E-state index in [-0.39, 0.29) is 29.8 Å². The van der Waals surface area contributed by atoms with Crippen LogP contribution < -0.4 is 5.32 Å². The van der Waals surface area contributed by atoms with Gasteiger partial charge in [-0.3, -0.25) is 4.79 Å². The van der Waals surface area contributed by atoms with Gasteiger partial charge in [-0.25, -0.2) is 4.98 Å². The maximum Gasteiger partial charge on any atom is 0.221 e. The van der Waals surface area contributed by atoms with Gasteiger partial charge in [-0.15, -0.1) is 11.3 Å². The highest BCUT2D eigenvalue weighted by atomic mass is 32.1. The molecule has 8 heteroatoms. The molecular formula is C25H30N2O4S2. The molecule has 2 aliphatic carbocycles. The largest absolute Gasteiger partial charge is 0.467 e. The zero-order chi connectivity index (χ0) is 23.2. The first-order valence-corrected chi connectivity index (χ1v) is 13.2. The Balaban J connectivity index is 1.51. The minimum atomic E-state index is -0.611. The maximum atomic E-state index is 13.1. The lowest BCUT2D eigenvalue weighted by atomic mass is 9.47. The van der Waals surface area contributed by atoms with Crippen LogP contribution in [0.4, 0.5) is 0 Å². The van der Waals surface area contributed by atoms with E-state index in [9.17, 15) is 15.0 Å². The number of nitrogens with zero attached hydrogens (tertiary/aromatic N) is 1. The third-order valence-electron chi connectivity index (χ3n) is 8.09. The zero-order valence-electron chi connectivity index (χ0n) is 18.9. The van der Waals surface area contributed by atoms with Crippen molar-refractivity contribution >= 4 is 28.6 Å². The summed E-state index contributed by atoms with van der Waals surface area (Å²) in [6, 6.07) is 5.74. The van der Waals surface area contributed by atoms with E-state index >= 15 is 0 Å². The Hall–Kier alpha value is -2.00. The number of aliphatic hydroxyl groups excluding tert-OH is 2. The summed E-state index contributed by atoms with van der Waals surface area (Å²) in [6.45, 7) is 4.52. The number of thiazole rings is 1. The van der Waals surface area contributed by atoms with Crippen LogP contribution in [0.15, 0.2) is 39.6 Å². The normalized spacial score (nSPS) is 31.1. The quantitative estimate of drug-likeness (QED) is 0.474. The Labute approximate surface area is 201 Å². The van der Waals surface area contributed by atoms with Crippen LogP contribution in [0.2, 0.25) is 0 Å². The van der Waals surface area contributed by atoms with E-state index in [1.165, 1.54) is 4.88 Å². The van der Waals surface area contributed by atoms with Gasteiger partial charge in [0, 0.05) is 33.6 Å². The summed E-state index contributed by atoms with van der Waals surface area (Å²) < 4.78 is 5.35. The molecule has 0 spiro atoms. The third kappa shape index (κ3) is 3.87. The average molecular weight is 487 g/mol. The monoisotopic (exact) mass is 486 g/mol. The van der Waals surface area contributed by atoms with Crippen LogP contribution in [0.5, 0.6) is 0 Å². The number of nitrogens with one attached hydrogen (secondary N) is 1. The van der Waals surface area contributed by atoms with E-state index in [0.29, 0.717) is 19.4 Å². The Morgan fingerprint density at radius 3 is 2.91 bits per heavy atom. The summed E-state index contributed by atoms with van der Waals surface area (Å²) in [5.74, 6) is 0.666. The number of amides is 1. The second kappa shape index (κ2) is 8.65. The SMILES string of the molecule is CC1(CO)C(O)CCC2(C)C(CC(=O)NCc3ccco3)c3nc(-c4ccsc4)sc3CC12. The number of hydrogen-bond donors (Lipinski definition) is 3. The summed E-state index contributed by atoms with van der Waals surface area (Å²) in [4.78, 5) is 19.3. The van der Waals surface area contributed by atoms with Gasteiger partial charge in [0.15, 0.2) is 0 Å². The molecule has 5 rings (SSSR count). The van der Waals surface area contributed by atoms with Crippen LogP contribution in [-0.4, -0.2) is 33.8 Å². The predicted octanol–water partition coefficient (Wildman–Crippen LogP) is 4.59. The lowest BCUT2D eigenvalue weighted by Crippen LogP contribution is -2.57. The second-order valence-electron chi connectivity index (χ2n) is 9.93. The molecule has 0 aromatic carbocycles. The Kier molecular flexibility index (Phi) is 5.97. The lowest BCUT2D eigenvalue weighted by Gasteiger charge is -2.58. The van der Waals surface area contributed by atoms with E-state index in [1.807, 2.05) is 19.1 Å². The van der Waals surface area contributed by atoms with Crippen LogP contribution in [0, 0.1) is 16.7 Å². The average Bonchev–Trinajstić information content (AvgIpc) is 3.57. The van der Waals surface area contributed by atoms with E-state index in [4.69, 9.17) is 9.40 Å². The molecular weight excluding hydrogens is 456 g/mol. The molecule has 3 aromatic heterocycles. The number of rotatable bonds is 6. The van der Waals surface area contributed by atoms with Gasteiger partial charge in [0.25, 0.3) is 0 Å². The highest BCUT2D eigenvalue weighted by molar-refractivity contribution is 7.15. The van der Waals surface area contributed by atoms with Crippen molar-refractivity contribution in [3.63, 3.8) is 0 Å². The fourth-order valence-corrected chi connectivity index (χ4v) is 7.89. The van der Waals surface area contributed by atoms with Gasteiger partial charge in [0.2, 0.25) is 5.91 Å². The van der Waals surface area contributed by atoms with Crippen molar-refractivity contribution in [2.75, 3.05) is 6.61 Å². The highest BCUT2D eigenvalue weighted by Gasteiger charge is 2.59. The van der Waals surface area contributed by atoms with Gasteiger partial charge >= 0.3 is 0 Å². The molecule has 5 unspecified atom stereocenters. The predicted molar refractivity (Wildman–Crippen MR) is 129 cm³/mol. The van der Waals surface area contributed by atoms with Gasteiger partial charge < -0.3 is 19.9 Å². The first-order valence-electron chi connectivity index (χ1n) is 11.5. The van der Waals surface area contributed by atoms with Crippen molar-refractivity contribution in [3.05, 3.63) is 51.6 Å². The lowest BCUT2D eigenvalue weighted by molar-refractivity contribution is -0.144. The molecule has 1 amide bonds. The van der Waals surface area contributed by atoms with Gasteiger partial charge in [0.05, 0.1) is 31.2 Å².